The fourth-order valence-corrected chi connectivity index (χ4v) is 2.93. The lowest BCUT2D eigenvalue weighted by Gasteiger charge is -2.29. The normalized spacial score (nSPS) is 17.6. The molecule has 0 spiro atoms. The zero-order chi connectivity index (χ0) is 13.8. The summed E-state index contributed by atoms with van der Waals surface area (Å²) in [4.78, 5) is 12.2. The Hall–Kier alpha value is -1.84. The molecule has 0 saturated carbocycles. The number of aryl methyl sites for hydroxylation is 2. The molecule has 3 rings (SSSR count). The standard InChI is InChI=1S/C15H18N2O2/c1-9-5-11-12(7-15(3,4)8-13(11)18)17(9)14-6-10(2)19-16-14/h5-6H,7-8H2,1-4H3. The Balaban J connectivity index is 2.20. The van der Waals surface area contributed by atoms with Gasteiger partial charge in [0.2, 0.25) is 0 Å². The van der Waals surface area contributed by atoms with E-state index in [4.69, 9.17) is 4.52 Å². The van der Waals surface area contributed by atoms with Gasteiger partial charge < -0.3 is 4.52 Å². The first kappa shape index (κ1) is 12.2. The number of carbonyl (C=O) groups excluding carboxylic acids is 1. The largest absolute Gasteiger partial charge is 0.360 e. The second-order valence-electron chi connectivity index (χ2n) is 6.22. The molecule has 1 aliphatic carbocycles. The van der Waals surface area contributed by atoms with Gasteiger partial charge in [-0.1, -0.05) is 19.0 Å². The molecule has 100 valence electrons. The number of fused-ring (bicyclic) bond motifs is 1. The van der Waals surface area contributed by atoms with Crippen LogP contribution in [0.25, 0.3) is 5.82 Å². The quantitative estimate of drug-likeness (QED) is 0.789. The third-order valence-corrected chi connectivity index (χ3v) is 3.72. The van der Waals surface area contributed by atoms with Crippen LogP contribution in [0.2, 0.25) is 0 Å². The van der Waals surface area contributed by atoms with Gasteiger partial charge in [-0.2, -0.15) is 0 Å². The van der Waals surface area contributed by atoms with E-state index in [0.717, 1.165) is 35.0 Å². The zero-order valence-electron chi connectivity index (χ0n) is 11.8. The first-order chi connectivity index (χ1) is 8.87. The Morgan fingerprint density at radius 1 is 1.26 bits per heavy atom. The average molecular weight is 258 g/mol. The number of aromatic nitrogens is 2. The number of ketones is 1. The summed E-state index contributed by atoms with van der Waals surface area (Å²) in [6.07, 6.45) is 1.50. The number of carbonyl (C=O) groups is 1. The average Bonchev–Trinajstić information content (AvgIpc) is 2.81. The first-order valence-corrected chi connectivity index (χ1v) is 6.55. The molecule has 0 atom stereocenters. The summed E-state index contributed by atoms with van der Waals surface area (Å²) in [6.45, 7) is 8.14. The summed E-state index contributed by atoms with van der Waals surface area (Å²) in [5.41, 5.74) is 2.94. The number of rotatable bonds is 1. The van der Waals surface area contributed by atoms with Gasteiger partial charge in [0.15, 0.2) is 11.6 Å². The van der Waals surface area contributed by atoms with Gasteiger partial charge >= 0.3 is 0 Å². The highest BCUT2D eigenvalue weighted by atomic mass is 16.5. The number of nitrogens with zero attached hydrogens (tertiary/aromatic N) is 2. The Kier molecular flexibility index (Phi) is 2.46. The Bertz CT molecular complexity index is 662. The van der Waals surface area contributed by atoms with Gasteiger partial charge in [-0.25, -0.2) is 0 Å². The molecular weight excluding hydrogens is 240 g/mol. The lowest BCUT2D eigenvalue weighted by atomic mass is 9.76. The van der Waals surface area contributed by atoms with Crippen LogP contribution in [0.15, 0.2) is 16.7 Å². The minimum atomic E-state index is 0.00536. The van der Waals surface area contributed by atoms with E-state index in [1.807, 2.05) is 30.5 Å². The second kappa shape index (κ2) is 3.83. The maximum atomic E-state index is 12.2. The fourth-order valence-electron chi connectivity index (χ4n) is 2.93. The van der Waals surface area contributed by atoms with Crippen molar-refractivity contribution in [1.82, 2.24) is 9.72 Å². The molecule has 2 aromatic rings. The van der Waals surface area contributed by atoms with Crippen LogP contribution in [0.5, 0.6) is 0 Å². The molecule has 0 aliphatic heterocycles. The van der Waals surface area contributed by atoms with Crippen molar-refractivity contribution in [3.63, 3.8) is 0 Å². The van der Waals surface area contributed by atoms with E-state index in [-0.39, 0.29) is 11.2 Å². The molecule has 2 aromatic heterocycles. The molecule has 0 unspecified atom stereocenters. The van der Waals surface area contributed by atoms with E-state index in [9.17, 15) is 4.79 Å². The van der Waals surface area contributed by atoms with Crippen LogP contribution in [0.4, 0.5) is 0 Å². The van der Waals surface area contributed by atoms with Crippen molar-refractivity contribution in [1.29, 1.82) is 0 Å². The summed E-state index contributed by atoms with van der Waals surface area (Å²) < 4.78 is 7.20. The van der Waals surface area contributed by atoms with Crippen molar-refractivity contribution in [2.75, 3.05) is 0 Å². The molecule has 4 heteroatoms. The van der Waals surface area contributed by atoms with Gasteiger partial charge in [-0.05, 0) is 31.7 Å². The minimum absolute atomic E-state index is 0.00536. The summed E-state index contributed by atoms with van der Waals surface area (Å²) in [6, 6.07) is 3.87. The third kappa shape index (κ3) is 1.91. The number of hydrogen-bond donors (Lipinski definition) is 0. The second-order valence-corrected chi connectivity index (χ2v) is 6.22. The van der Waals surface area contributed by atoms with Gasteiger partial charge in [-0.15, -0.1) is 0 Å². The van der Waals surface area contributed by atoms with Crippen LogP contribution < -0.4 is 0 Å². The molecule has 1 aliphatic rings. The summed E-state index contributed by atoms with van der Waals surface area (Å²) in [7, 11) is 0. The van der Waals surface area contributed by atoms with Gasteiger partial charge in [0.1, 0.15) is 5.76 Å². The Morgan fingerprint density at radius 2 is 2.00 bits per heavy atom. The molecule has 0 amide bonds. The summed E-state index contributed by atoms with van der Waals surface area (Å²) in [5, 5.41) is 4.08. The van der Waals surface area contributed by atoms with Crippen LogP contribution in [-0.2, 0) is 6.42 Å². The van der Waals surface area contributed by atoms with Gasteiger partial charge in [0.25, 0.3) is 0 Å². The minimum Gasteiger partial charge on any atom is -0.360 e. The number of hydrogen-bond acceptors (Lipinski definition) is 3. The topological polar surface area (TPSA) is 48.0 Å². The lowest BCUT2D eigenvalue weighted by Crippen LogP contribution is -2.27. The van der Waals surface area contributed by atoms with E-state index >= 15 is 0 Å². The molecule has 4 nitrogen and oxygen atoms in total. The molecule has 0 radical (unpaired) electrons. The predicted molar refractivity (Wildman–Crippen MR) is 71.7 cm³/mol. The fraction of sp³-hybridized carbons (Fsp3) is 0.467. The Labute approximate surface area is 112 Å². The van der Waals surface area contributed by atoms with Gasteiger partial charge in [-0.3, -0.25) is 9.36 Å². The maximum absolute atomic E-state index is 12.2. The van der Waals surface area contributed by atoms with E-state index in [1.165, 1.54) is 0 Å². The smallest absolute Gasteiger partial charge is 0.180 e. The first-order valence-electron chi connectivity index (χ1n) is 6.55. The molecule has 0 saturated heterocycles. The van der Waals surface area contributed by atoms with Crippen LogP contribution in [0, 0.1) is 19.3 Å². The zero-order valence-corrected chi connectivity index (χ0v) is 11.8. The predicted octanol–water partition coefficient (Wildman–Crippen LogP) is 3.24. The maximum Gasteiger partial charge on any atom is 0.180 e. The molecule has 0 bridgehead atoms. The summed E-state index contributed by atoms with van der Waals surface area (Å²) >= 11 is 0. The van der Waals surface area contributed by atoms with Gasteiger partial charge in [0.05, 0.1) is 0 Å². The highest BCUT2D eigenvalue weighted by Crippen LogP contribution is 2.37. The van der Waals surface area contributed by atoms with Crippen molar-refractivity contribution in [3.8, 4) is 5.82 Å². The van der Waals surface area contributed by atoms with Crippen molar-refractivity contribution in [3.05, 3.63) is 34.8 Å². The summed E-state index contributed by atoms with van der Waals surface area (Å²) in [5.74, 6) is 1.77. The van der Waals surface area contributed by atoms with Crippen molar-refractivity contribution < 1.29 is 9.32 Å². The van der Waals surface area contributed by atoms with Crippen molar-refractivity contribution in [2.24, 2.45) is 5.41 Å². The molecule has 0 fully saturated rings. The van der Waals surface area contributed by atoms with Crippen molar-refractivity contribution >= 4 is 5.78 Å². The van der Waals surface area contributed by atoms with E-state index in [2.05, 4.69) is 19.0 Å². The van der Waals surface area contributed by atoms with Crippen LogP contribution in [-0.4, -0.2) is 15.5 Å². The third-order valence-electron chi connectivity index (χ3n) is 3.72. The molecule has 2 heterocycles. The van der Waals surface area contributed by atoms with Crippen LogP contribution in [0.1, 0.15) is 47.8 Å². The molecule has 19 heavy (non-hydrogen) atoms. The monoisotopic (exact) mass is 258 g/mol. The molecule has 0 N–H and O–H groups in total. The van der Waals surface area contributed by atoms with E-state index < -0.39 is 0 Å². The highest BCUT2D eigenvalue weighted by molar-refractivity contribution is 5.99. The van der Waals surface area contributed by atoms with Gasteiger partial charge in [0, 0.05) is 29.4 Å². The van der Waals surface area contributed by atoms with Crippen LogP contribution in [0.3, 0.4) is 0 Å². The van der Waals surface area contributed by atoms with Crippen molar-refractivity contribution in [2.45, 2.75) is 40.5 Å². The SMILES string of the molecule is Cc1cc(-n2c(C)cc3c2CC(C)(C)CC3=O)no1. The highest BCUT2D eigenvalue weighted by Gasteiger charge is 2.34. The molecule has 0 aromatic carbocycles. The van der Waals surface area contributed by atoms with E-state index in [1.54, 1.807) is 0 Å². The molecular formula is C15H18N2O2. The number of Topliss-reactive ketones (excluding diaryl/α,β-unsaturated/α-hetero) is 1. The van der Waals surface area contributed by atoms with E-state index in [0.29, 0.717) is 6.42 Å². The Morgan fingerprint density at radius 3 is 2.63 bits per heavy atom. The lowest BCUT2D eigenvalue weighted by molar-refractivity contribution is 0.0911. The van der Waals surface area contributed by atoms with Crippen LogP contribution >= 0.6 is 0 Å².